The number of benzene rings is 4. The van der Waals surface area contributed by atoms with Crippen LogP contribution in [0.3, 0.4) is 0 Å². The number of halogens is 2. The van der Waals surface area contributed by atoms with Gasteiger partial charge in [-0.25, -0.2) is 8.42 Å². The number of carbonyl (C=O) groups excluding carboxylic acids is 2. The number of carbonyl (C=O) groups is 2. The van der Waals surface area contributed by atoms with Gasteiger partial charge in [0.15, 0.2) is 0 Å². The average molecular weight is 699 g/mol. The van der Waals surface area contributed by atoms with Crippen LogP contribution >= 0.6 is 23.2 Å². The Morgan fingerprint density at radius 1 is 0.809 bits per heavy atom. The van der Waals surface area contributed by atoms with Crippen LogP contribution in [0.25, 0.3) is 0 Å². The number of ether oxygens (including phenoxy) is 2. The molecule has 0 saturated carbocycles. The van der Waals surface area contributed by atoms with Gasteiger partial charge in [-0.05, 0) is 61.4 Å². The van der Waals surface area contributed by atoms with E-state index in [4.69, 9.17) is 32.7 Å². The summed E-state index contributed by atoms with van der Waals surface area (Å²) < 4.78 is 40.5. The lowest BCUT2D eigenvalue weighted by Gasteiger charge is -2.34. The van der Waals surface area contributed by atoms with Gasteiger partial charge < -0.3 is 19.7 Å². The van der Waals surface area contributed by atoms with Gasteiger partial charge in [-0.1, -0.05) is 77.8 Å². The van der Waals surface area contributed by atoms with E-state index < -0.39 is 34.4 Å². The van der Waals surface area contributed by atoms with E-state index in [0.717, 1.165) is 9.87 Å². The van der Waals surface area contributed by atoms with Gasteiger partial charge in [-0.15, -0.1) is 0 Å². The number of hydrogen-bond donors (Lipinski definition) is 1. The van der Waals surface area contributed by atoms with E-state index in [1.807, 2.05) is 44.2 Å². The Bertz CT molecular complexity index is 1790. The molecule has 0 fully saturated rings. The largest absolute Gasteiger partial charge is 0.497 e. The first-order chi connectivity index (χ1) is 22.4. The summed E-state index contributed by atoms with van der Waals surface area (Å²) in [4.78, 5) is 29.8. The molecule has 12 heteroatoms. The van der Waals surface area contributed by atoms with Crippen molar-refractivity contribution in [3.05, 3.63) is 118 Å². The van der Waals surface area contributed by atoms with Crippen molar-refractivity contribution in [3.8, 4) is 11.5 Å². The molecule has 0 heterocycles. The topological polar surface area (TPSA) is 105 Å². The minimum absolute atomic E-state index is 0.0351. The van der Waals surface area contributed by atoms with Crippen molar-refractivity contribution in [3.63, 3.8) is 0 Å². The van der Waals surface area contributed by atoms with E-state index in [1.54, 1.807) is 48.5 Å². The Kier molecular flexibility index (Phi) is 12.1. The van der Waals surface area contributed by atoms with Crippen molar-refractivity contribution in [2.24, 2.45) is 0 Å². The van der Waals surface area contributed by atoms with Crippen LogP contribution in [0.2, 0.25) is 10.0 Å². The lowest BCUT2D eigenvalue weighted by atomic mass is 10.0. The molecule has 0 bridgehead atoms. The maximum atomic E-state index is 14.6. The summed E-state index contributed by atoms with van der Waals surface area (Å²) in [5.41, 5.74) is 1.50. The highest BCUT2D eigenvalue weighted by molar-refractivity contribution is 7.92. The third-order valence-corrected chi connectivity index (χ3v) is 9.82. The van der Waals surface area contributed by atoms with Gasteiger partial charge in [-0.2, -0.15) is 0 Å². The molecule has 1 N–H and O–H groups in total. The number of rotatable bonds is 14. The van der Waals surface area contributed by atoms with Crippen molar-refractivity contribution >= 4 is 50.7 Å². The van der Waals surface area contributed by atoms with Gasteiger partial charge in [0.2, 0.25) is 11.8 Å². The third-order valence-electron chi connectivity index (χ3n) is 7.30. The fourth-order valence-electron chi connectivity index (χ4n) is 4.99. The zero-order chi connectivity index (χ0) is 34.1. The van der Waals surface area contributed by atoms with Crippen LogP contribution in [0.5, 0.6) is 11.5 Å². The number of nitrogens with zero attached hydrogens (tertiary/aromatic N) is 2. The quantitative estimate of drug-likeness (QED) is 0.164. The summed E-state index contributed by atoms with van der Waals surface area (Å²) in [6, 6.07) is 25.4. The summed E-state index contributed by atoms with van der Waals surface area (Å²) in [5, 5.41) is 3.54. The Balaban J connectivity index is 1.87. The molecule has 0 unspecified atom stereocenters. The molecule has 4 aromatic rings. The molecule has 47 heavy (non-hydrogen) atoms. The molecule has 0 spiro atoms. The molecule has 248 valence electrons. The number of anilines is 1. The normalized spacial score (nSPS) is 11.9. The van der Waals surface area contributed by atoms with E-state index in [1.165, 1.54) is 37.3 Å². The summed E-state index contributed by atoms with van der Waals surface area (Å²) in [5.74, 6) is -0.478. The van der Waals surface area contributed by atoms with Gasteiger partial charge in [0.25, 0.3) is 10.0 Å². The second-order valence-corrected chi connectivity index (χ2v) is 13.7. The molecule has 4 aromatic carbocycles. The molecule has 0 aliphatic carbocycles. The molecular formula is C35H37Cl2N3O6S. The second-order valence-electron chi connectivity index (χ2n) is 11.0. The fourth-order valence-corrected chi connectivity index (χ4v) is 6.75. The van der Waals surface area contributed by atoms with Crippen LogP contribution in [0.15, 0.2) is 102 Å². The SMILES string of the molecule is COc1ccc(OC)c(N(CC(=O)N(Cc2ccc(Cl)c(Cl)c2)[C@@H](Cc2ccccc2)C(=O)NC(C)C)S(=O)(=O)c2ccccc2)c1. The highest BCUT2D eigenvalue weighted by atomic mass is 35.5. The minimum Gasteiger partial charge on any atom is -0.497 e. The molecular weight excluding hydrogens is 661 g/mol. The van der Waals surface area contributed by atoms with Gasteiger partial charge in [-0.3, -0.25) is 13.9 Å². The van der Waals surface area contributed by atoms with E-state index >= 15 is 0 Å². The Labute approximate surface area is 286 Å². The summed E-state index contributed by atoms with van der Waals surface area (Å²) >= 11 is 12.5. The van der Waals surface area contributed by atoms with Crippen molar-refractivity contribution < 1.29 is 27.5 Å². The van der Waals surface area contributed by atoms with Gasteiger partial charge in [0.1, 0.15) is 24.1 Å². The molecule has 1 atom stereocenters. The van der Waals surface area contributed by atoms with Gasteiger partial charge >= 0.3 is 0 Å². The number of methoxy groups -OCH3 is 2. The maximum Gasteiger partial charge on any atom is 0.264 e. The minimum atomic E-state index is -4.34. The summed E-state index contributed by atoms with van der Waals surface area (Å²) in [6.07, 6.45) is 0.167. The Morgan fingerprint density at radius 2 is 1.47 bits per heavy atom. The monoisotopic (exact) mass is 697 g/mol. The molecule has 0 aliphatic heterocycles. The van der Waals surface area contributed by atoms with Crippen LogP contribution in [0.1, 0.15) is 25.0 Å². The molecule has 9 nitrogen and oxygen atoms in total. The summed E-state index contributed by atoms with van der Waals surface area (Å²) in [6.45, 7) is 2.92. The first-order valence-electron chi connectivity index (χ1n) is 14.8. The predicted octanol–water partition coefficient (Wildman–Crippen LogP) is 6.37. The van der Waals surface area contributed by atoms with E-state index in [9.17, 15) is 18.0 Å². The number of amides is 2. The molecule has 0 aromatic heterocycles. The van der Waals surface area contributed by atoms with E-state index in [0.29, 0.717) is 16.3 Å². The lowest BCUT2D eigenvalue weighted by Crippen LogP contribution is -2.54. The highest BCUT2D eigenvalue weighted by Crippen LogP contribution is 2.36. The number of hydrogen-bond acceptors (Lipinski definition) is 6. The third kappa shape index (κ3) is 8.97. The smallest absolute Gasteiger partial charge is 0.264 e. The van der Waals surface area contributed by atoms with Crippen molar-refractivity contribution in [2.75, 3.05) is 25.1 Å². The van der Waals surface area contributed by atoms with Crippen LogP contribution in [-0.4, -0.2) is 58.0 Å². The maximum absolute atomic E-state index is 14.6. The molecule has 2 amide bonds. The zero-order valence-electron chi connectivity index (χ0n) is 26.5. The fraction of sp³-hybridized carbons (Fsp3) is 0.257. The standard InChI is InChI=1S/C35H37Cl2N3O6S/c1-24(2)38-35(42)32(20-25-11-7-5-8-12-25)39(22-26-15-17-29(36)30(37)19-26)34(41)23-40(47(43,44)28-13-9-6-10-14-28)31-21-27(45-3)16-18-33(31)46-4/h5-19,21,24,32H,20,22-23H2,1-4H3,(H,38,42)/t32-/m0/s1. The predicted molar refractivity (Wildman–Crippen MR) is 185 cm³/mol. The van der Waals surface area contributed by atoms with E-state index in [-0.39, 0.29) is 40.4 Å². The zero-order valence-corrected chi connectivity index (χ0v) is 28.9. The molecule has 0 radical (unpaired) electrons. The number of sulfonamides is 1. The average Bonchev–Trinajstić information content (AvgIpc) is 3.06. The van der Waals surface area contributed by atoms with Crippen molar-refractivity contribution in [1.82, 2.24) is 10.2 Å². The summed E-state index contributed by atoms with van der Waals surface area (Å²) in [7, 11) is -1.48. The first-order valence-corrected chi connectivity index (χ1v) is 17.0. The molecule has 0 aliphatic rings. The molecule has 0 saturated heterocycles. The van der Waals surface area contributed by atoms with Crippen LogP contribution in [0, 0.1) is 0 Å². The van der Waals surface area contributed by atoms with Crippen molar-refractivity contribution in [1.29, 1.82) is 0 Å². The Morgan fingerprint density at radius 3 is 2.06 bits per heavy atom. The lowest BCUT2D eigenvalue weighted by molar-refractivity contribution is -0.140. The Hall–Kier alpha value is -4.25. The number of nitrogens with one attached hydrogen (secondary N) is 1. The second kappa shape index (κ2) is 16.0. The van der Waals surface area contributed by atoms with Gasteiger partial charge in [0, 0.05) is 25.1 Å². The van der Waals surface area contributed by atoms with Crippen LogP contribution in [-0.2, 0) is 32.6 Å². The van der Waals surface area contributed by atoms with Crippen molar-refractivity contribution in [2.45, 2.75) is 43.8 Å². The van der Waals surface area contributed by atoms with Crippen LogP contribution in [0.4, 0.5) is 5.69 Å². The molecule has 4 rings (SSSR count). The first kappa shape index (κ1) is 35.6. The van der Waals surface area contributed by atoms with E-state index in [2.05, 4.69) is 5.32 Å². The highest BCUT2D eigenvalue weighted by Gasteiger charge is 2.36. The van der Waals surface area contributed by atoms with Gasteiger partial charge in [0.05, 0.1) is 34.8 Å². The van der Waals surface area contributed by atoms with Crippen LogP contribution < -0.4 is 19.1 Å².